The Morgan fingerprint density at radius 1 is 1.32 bits per heavy atom. The Kier molecular flexibility index (Phi) is 4.07. The minimum Gasteiger partial charge on any atom is -0.379 e. The number of morpholine rings is 1. The van der Waals surface area contributed by atoms with Gasteiger partial charge in [-0.15, -0.1) is 0 Å². The van der Waals surface area contributed by atoms with Crippen LogP contribution in [-0.2, 0) is 9.47 Å². The second-order valence-electron chi connectivity index (χ2n) is 5.01. The van der Waals surface area contributed by atoms with E-state index in [1.165, 1.54) is 0 Å². The summed E-state index contributed by atoms with van der Waals surface area (Å²) < 4.78 is 16.1. The van der Waals surface area contributed by atoms with Crippen molar-refractivity contribution in [1.29, 1.82) is 0 Å². The van der Waals surface area contributed by atoms with Crippen molar-refractivity contribution in [2.75, 3.05) is 39.5 Å². The van der Waals surface area contributed by atoms with Crippen LogP contribution in [-0.4, -0.2) is 54.5 Å². The normalized spacial score (nSPS) is 26.7. The van der Waals surface area contributed by atoms with Crippen molar-refractivity contribution in [3.8, 4) is 0 Å². The van der Waals surface area contributed by atoms with Crippen molar-refractivity contribution < 1.29 is 14.0 Å². The molecule has 7 heteroatoms. The Morgan fingerprint density at radius 3 is 2.89 bits per heavy atom. The second kappa shape index (κ2) is 5.96. The molecule has 3 rings (SSSR count). The average molecular weight is 268 g/mol. The highest BCUT2D eigenvalue weighted by Gasteiger charge is 2.26. The van der Waals surface area contributed by atoms with Crippen molar-refractivity contribution in [1.82, 2.24) is 15.0 Å². The molecule has 1 aromatic heterocycles. The number of hydrogen-bond donors (Lipinski definition) is 1. The summed E-state index contributed by atoms with van der Waals surface area (Å²) in [6.45, 7) is 4.84. The summed E-state index contributed by atoms with van der Waals surface area (Å²) in [5, 5.41) is 3.98. The van der Waals surface area contributed by atoms with Gasteiger partial charge in [-0.1, -0.05) is 5.16 Å². The van der Waals surface area contributed by atoms with Gasteiger partial charge in [0.2, 0.25) is 0 Å². The number of nitrogens with zero attached hydrogens (tertiary/aromatic N) is 3. The van der Waals surface area contributed by atoms with E-state index in [9.17, 15) is 0 Å². The molecular weight excluding hydrogens is 248 g/mol. The van der Waals surface area contributed by atoms with Crippen LogP contribution >= 0.6 is 0 Å². The molecule has 106 valence electrons. The summed E-state index contributed by atoms with van der Waals surface area (Å²) in [5.74, 6) is 1.13. The molecule has 2 fully saturated rings. The molecule has 0 radical (unpaired) electrons. The monoisotopic (exact) mass is 268 g/mol. The van der Waals surface area contributed by atoms with Crippen molar-refractivity contribution in [2.45, 2.75) is 25.0 Å². The number of rotatable bonds is 4. The lowest BCUT2D eigenvalue weighted by Gasteiger charge is -2.27. The molecule has 7 nitrogen and oxygen atoms in total. The summed E-state index contributed by atoms with van der Waals surface area (Å²) in [4.78, 5) is 6.63. The standard InChI is InChI=1S/C12H20N4O3/c13-9(8-16-3-6-17-7-4-16)11-14-12(19-15-11)10-2-1-5-18-10/h9-10H,1-8,13H2. The zero-order chi connectivity index (χ0) is 13.1. The minimum atomic E-state index is -0.225. The van der Waals surface area contributed by atoms with Gasteiger partial charge in [0.25, 0.3) is 5.89 Å². The van der Waals surface area contributed by atoms with Gasteiger partial charge in [-0.3, -0.25) is 4.90 Å². The van der Waals surface area contributed by atoms with E-state index in [1.807, 2.05) is 0 Å². The molecule has 3 heterocycles. The van der Waals surface area contributed by atoms with Crippen LogP contribution in [0.25, 0.3) is 0 Å². The molecule has 19 heavy (non-hydrogen) atoms. The molecule has 2 unspecified atom stereocenters. The molecule has 2 aliphatic rings. The molecule has 0 amide bonds. The number of nitrogens with two attached hydrogens (primary N) is 1. The molecule has 0 aliphatic carbocycles. The van der Waals surface area contributed by atoms with Gasteiger partial charge in [0, 0.05) is 26.2 Å². The van der Waals surface area contributed by atoms with E-state index in [1.54, 1.807) is 0 Å². The predicted octanol–water partition coefficient (Wildman–Crippen LogP) is 0.253. The van der Waals surface area contributed by atoms with Crippen LogP contribution in [0.1, 0.15) is 36.7 Å². The Morgan fingerprint density at radius 2 is 2.16 bits per heavy atom. The lowest BCUT2D eigenvalue weighted by molar-refractivity contribution is 0.0348. The maximum Gasteiger partial charge on any atom is 0.255 e. The molecule has 2 aliphatic heterocycles. The first kappa shape index (κ1) is 13.0. The van der Waals surface area contributed by atoms with E-state index >= 15 is 0 Å². The highest BCUT2D eigenvalue weighted by Crippen LogP contribution is 2.27. The maximum atomic E-state index is 6.13. The highest BCUT2D eigenvalue weighted by atomic mass is 16.5. The molecule has 1 aromatic rings. The van der Waals surface area contributed by atoms with Crippen molar-refractivity contribution in [3.63, 3.8) is 0 Å². The lowest BCUT2D eigenvalue weighted by Crippen LogP contribution is -2.40. The summed E-state index contributed by atoms with van der Waals surface area (Å²) in [6.07, 6.45) is 1.94. The second-order valence-corrected chi connectivity index (χ2v) is 5.01. The van der Waals surface area contributed by atoms with E-state index in [0.29, 0.717) is 11.7 Å². The van der Waals surface area contributed by atoms with Gasteiger partial charge in [-0.2, -0.15) is 4.98 Å². The third-order valence-corrected chi connectivity index (χ3v) is 3.55. The first-order valence-corrected chi connectivity index (χ1v) is 6.84. The van der Waals surface area contributed by atoms with E-state index in [-0.39, 0.29) is 12.1 Å². The van der Waals surface area contributed by atoms with Crippen LogP contribution in [0.4, 0.5) is 0 Å². The molecule has 0 bridgehead atoms. The fourth-order valence-corrected chi connectivity index (χ4v) is 2.44. The highest BCUT2D eigenvalue weighted by molar-refractivity contribution is 4.97. The number of ether oxygens (including phenoxy) is 2. The first-order valence-electron chi connectivity index (χ1n) is 6.84. The van der Waals surface area contributed by atoms with Crippen molar-refractivity contribution >= 4 is 0 Å². The Labute approximate surface area is 112 Å². The molecule has 2 atom stereocenters. The van der Waals surface area contributed by atoms with Gasteiger partial charge in [-0.25, -0.2) is 0 Å². The van der Waals surface area contributed by atoms with Crippen molar-refractivity contribution in [3.05, 3.63) is 11.7 Å². The first-order chi connectivity index (χ1) is 9.33. The Hall–Kier alpha value is -1.02. The van der Waals surface area contributed by atoms with Crippen LogP contribution in [0.15, 0.2) is 4.52 Å². The molecular formula is C12H20N4O3. The topological polar surface area (TPSA) is 86.6 Å². The van der Waals surface area contributed by atoms with Gasteiger partial charge in [0.1, 0.15) is 6.10 Å². The van der Waals surface area contributed by atoms with Gasteiger partial charge in [0.05, 0.1) is 19.3 Å². The minimum absolute atomic E-state index is 0.0446. The fourth-order valence-electron chi connectivity index (χ4n) is 2.44. The zero-order valence-corrected chi connectivity index (χ0v) is 11.0. The quantitative estimate of drug-likeness (QED) is 0.837. The molecule has 2 N–H and O–H groups in total. The largest absolute Gasteiger partial charge is 0.379 e. The average Bonchev–Trinajstić information content (AvgIpc) is 3.11. The van der Waals surface area contributed by atoms with Gasteiger partial charge >= 0.3 is 0 Å². The van der Waals surface area contributed by atoms with E-state index in [0.717, 1.165) is 52.3 Å². The summed E-state index contributed by atoms with van der Waals surface area (Å²) in [5.41, 5.74) is 6.13. The fraction of sp³-hybridized carbons (Fsp3) is 0.833. The van der Waals surface area contributed by atoms with E-state index in [2.05, 4.69) is 15.0 Å². The maximum absolute atomic E-state index is 6.13. The summed E-state index contributed by atoms with van der Waals surface area (Å²) in [6, 6.07) is -0.225. The molecule has 0 saturated carbocycles. The van der Waals surface area contributed by atoms with Gasteiger partial charge in [0.15, 0.2) is 5.82 Å². The van der Waals surface area contributed by atoms with Crippen LogP contribution in [0.5, 0.6) is 0 Å². The molecule has 0 spiro atoms. The van der Waals surface area contributed by atoms with Crippen LogP contribution in [0, 0.1) is 0 Å². The van der Waals surface area contributed by atoms with E-state index in [4.69, 9.17) is 19.7 Å². The lowest BCUT2D eigenvalue weighted by atomic mass is 10.2. The van der Waals surface area contributed by atoms with E-state index < -0.39 is 0 Å². The predicted molar refractivity (Wildman–Crippen MR) is 66.4 cm³/mol. The molecule has 0 aromatic carbocycles. The third kappa shape index (κ3) is 3.11. The number of aromatic nitrogens is 2. The van der Waals surface area contributed by atoms with Crippen LogP contribution < -0.4 is 5.73 Å². The molecule has 2 saturated heterocycles. The summed E-state index contributed by atoms with van der Waals surface area (Å²) >= 11 is 0. The SMILES string of the molecule is NC(CN1CCOCC1)c1noc(C2CCCO2)n1. The van der Waals surface area contributed by atoms with Gasteiger partial charge < -0.3 is 19.7 Å². The van der Waals surface area contributed by atoms with Crippen molar-refractivity contribution in [2.24, 2.45) is 5.73 Å². The Bertz CT molecular complexity index is 399. The smallest absolute Gasteiger partial charge is 0.255 e. The Balaban J connectivity index is 1.58. The zero-order valence-electron chi connectivity index (χ0n) is 11.0. The third-order valence-electron chi connectivity index (χ3n) is 3.55. The number of hydrogen-bond acceptors (Lipinski definition) is 7. The van der Waals surface area contributed by atoms with Gasteiger partial charge in [-0.05, 0) is 12.8 Å². The van der Waals surface area contributed by atoms with Crippen LogP contribution in [0.3, 0.4) is 0 Å². The van der Waals surface area contributed by atoms with Crippen LogP contribution in [0.2, 0.25) is 0 Å². The summed E-state index contributed by atoms with van der Waals surface area (Å²) in [7, 11) is 0.